The first-order valence-corrected chi connectivity index (χ1v) is 11.1. The summed E-state index contributed by atoms with van der Waals surface area (Å²) in [6.45, 7) is 2.09. The zero-order chi connectivity index (χ0) is 25.1. The van der Waals surface area contributed by atoms with E-state index in [-0.39, 0.29) is 25.7 Å². The van der Waals surface area contributed by atoms with Crippen LogP contribution in [0.15, 0.2) is 42.5 Å². The number of carboxylic acid groups (broad SMARTS) is 1. The number of amidine groups is 1. The topological polar surface area (TPSA) is 155 Å². The minimum Gasteiger partial charge on any atom is -0.481 e. The van der Waals surface area contributed by atoms with Gasteiger partial charge in [0.1, 0.15) is 11.6 Å². The Balaban J connectivity index is 1.68. The molecule has 2 aromatic carbocycles. The molecule has 11 nitrogen and oxygen atoms in total. The molecule has 2 aliphatic heterocycles. The molecule has 0 aromatic heterocycles. The summed E-state index contributed by atoms with van der Waals surface area (Å²) in [6.07, 6.45) is -0.696. The molecule has 2 heterocycles. The smallest absolute Gasteiger partial charge is 0.315 e. The summed E-state index contributed by atoms with van der Waals surface area (Å²) in [5.41, 5.74) is 6.46. The van der Waals surface area contributed by atoms with E-state index in [2.05, 4.69) is 0 Å². The molecule has 2 aliphatic rings. The number of carbonyl (C=O) groups excluding carboxylic acids is 2. The van der Waals surface area contributed by atoms with Gasteiger partial charge >= 0.3 is 17.8 Å². The highest BCUT2D eigenvalue weighted by Crippen LogP contribution is 2.42. The van der Waals surface area contributed by atoms with Crippen LogP contribution in [0.1, 0.15) is 36.9 Å². The number of amides is 2. The van der Waals surface area contributed by atoms with Crippen molar-refractivity contribution in [2.75, 3.05) is 19.9 Å². The van der Waals surface area contributed by atoms with Crippen molar-refractivity contribution in [1.82, 2.24) is 9.80 Å². The average molecular weight is 482 g/mol. The van der Waals surface area contributed by atoms with Crippen LogP contribution in [0.5, 0.6) is 17.2 Å². The SMILES string of the molecule is CCCN1C(=O)C(=O)N(C(CC(=O)O)c2cccc3c2OCO3)CC1Oc1ccc(C(=N)N)cc1. The van der Waals surface area contributed by atoms with Gasteiger partial charge in [-0.25, -0.2) is 0 Å². The highest BCUT2D eigenvalue weighted by atomic mass is 16.7. The normalized spacial score (nSPS) is 17.9. The van der Waals surface area contributed by atoms with Crippen molar-refractivity contribution in [3.05, 3.63) is 53.6 Å². The third-order valence-electron chi connectivity index (χ3n) is 5.84. The van der Waals surface area contributed by atoms with Crippen LogP contribution >= 0.6 is 0 Å². The first-order chi connectivity index (χ1) is 16.8. The number of nitrogens with zero attached hydrogens (tertiary/aromatic N) is 2. The number of carboxylic acids is 1. The van der Waals surface area contributed by atoms with Crippen molar-refractivity contribution >= 4 is 23.6 Å². The lowest BCUT2D eigenvalue weighted by Gasteiger charge is -2.43. The lowest BCUT2D eigenvalue weighted by Crippen LogP contribution is -2.62. The highest BCUT2D eigenvalue weighted by molar-refractivity contribution is 6.35. The van der Waals surface area contributed by atoms with Gasteiger partial charge in [-0.3, -0.25) is 24.7 Å². The average Bonchev–Trinajstić information content (AvgIpc) is 3.32. The summed E-state index contributed by atoms with van der Waals surface area (Å²) in [7, 11) is 0. The summed E-state index contributed by atoms with van der Waals surface area (Å²) in [5, 5.41) is 17.2. The molecule has 184 valence electrons. The van der Waals surface area contributed by atoms with E-state index >= 15 is 0 Å². The molecule has 11 heteroatoms. The first kappa shape index (κ1) is 23.9. The quantitative estimate of drug-likeness (QED) is 0.277. The van der Waals surface area contributed by atoms with Gasteiger partial charge in [0, 0.05) is 17.7 Å². The second-order valence-corrected chi connectivity index (χ2v) is 8.16. The van der Waals surface area contributed by atoms with Crippen LogP contribution in [-0.2, 0) is 14.4 Å². The van der Waals surface area contributed by atoms with Crippen LogP contribution in [0.25, 0.3) is 0 Å². The van der Waals surface area contributed by atoms with Crippen LogP contribution in [0.2, 0.25) is 0 Å². The summed E-state index contributed by atoms with van der Waals surface area (Å²) < 4.78 is 17.0. The second-order valence-electron chi connectivity index (χ2n) is 8.16. The lowest BCUT2D eigenvalue weighted by atomic mass is 9.99. The number of piperazine rings is 1. The molecule has 0 radical (unpaired) electrons. The molecular formula is C24H26N4O7. The summed E-state index contributed by atoms with van der Waals surface area (Å²) in [6, 6.07) is 10.5. The Morgan fingerprint density at radius 1 is 1.20 bits per heavy atom. The number of ether oxygens (including phenoxy) is 3. The van der Waals surface area contributed by atoms with E-state index in [1.54, 1.807) is 42.5 Å². The standard InChI is InChI=1S/C24H26N4O7/c1-2-10-27-19(35-15-8-6-14(7-9-15)22(25)26)12-28(24(32)23(27)31)17(11-20(29)30)16-4-3-5-18-21(16)34-13-33-18/h3-9,17,19H,2,10-13H2,1H3,(H3,25,26)(H,29,30). The first-order valence-electron chi connectivity index (χ1n) is 11.1. The monoisotopic (exact) mass is 482 g/mol. The number of hydrogen-bond donors (Lipinski definition) is 3. The van der Waals surface area contributed by atoms with Crippen LogP contribution in [0.3, 0.4) is 0 Å². The van der Waals surface area contributed by atoms with Gasteiger partial charge in [0.2, 0.25) is 6.79 Å². The van der Waals surface area contributed by atoms with Gasteiger partial charge in [0.05, 0.1) is 19.0 Å². The number of hydrogen-bond acceptors (Lipinski definition) is 7. The molecule has 0 spiro atoms. The Kier molecular flexibility index (Phi) is 6.76. The van der Waals surface area contributed by atoms with Crippen molar-refractivity contribution in [2.24, 2.45) is 5.73 Å². The Bertz CT molecular complexity index is 1150. The molecule has 35 heavy (non-hydrogen) atoms. The number of carbonyl (C=O) groups is 3. The predicted octanol–water partition coefficient (Wildman–Crippen LogP) is 1.70. The predicted molar refractivity (Wildman–Crippen MR) is 123 cm³/mol. The Hall–Kier alpha value is -4.28. The highest BCUT2D eigenvalue weighted by Gasteiger charge is 2.44. The van der Waals surface area contributed by atoms with Crippen molar-refractivity contribution in [3.63, 3.8) is 0 Å². The number of para-hydroxylation sites is 1. The number of fused-ring (bicyclic) bond motifs is 1. The molecule has 2 aromatic rings. The zero-order valence-electron chi connectivity index (χ0n) is 19.1. The number of nitrogens with two attached hydrogens (primary N) is 1. The molecule has 0 bridgehead atoms. The molecular weight excluding hydrogens is 456 g/mol. The second kappa shape index (κ2) is 9.92. The van der Waals surface area contributed by atoms with E-state index in [1.165, 1.54) is 9.80 Å². The van der Waals surface area contributed by atoms with E-state index in [0.29, 0.717) is 34.8 Å². The van der Waals surface area contributed by atoms with Crippen molar-refractivity contribution in [1.29, 1.82) is 5.41 Å². The maximum atomic E-state index is 13.2. The number of rotatable bonds is 9. The molecule has 4 rings (SSSR count). The van der Waals surface area contributed by atoms with E-state index in [0.717, 1.165) is 0 Å². The molecule has 0 saturated carbocycles. The maximum Gasteiger partial charge on any atom is 0.315 e. The van der Waals surface area contributed by atoms with Gasteiger partial charge < -0.3 is 30.0 Å². The summed E-state index contributed by atoms with van der Waals surface area (Å²) in [5.74, 6) is -1.61. The largest absolute Gasteiger partial charge is 0.481 e. The Morgan fingerprint density at radius 3 is 2.60 bits per heavy atom. The van der Waals surface area contributed by atoms with Crippen LogP contribution in [0.4, 0.5) is 0 Å². The van der Waals surface area contributed by atoms with Gasteiger partial charge in [-0.2, -0.15) is 0 Å². The molecule has 4 N–H and O–H groups in total. The molecule has 2 unspecified atom stereocenters. The molecule has 1 saturated heterocycles. The Labute approximate surface area is 201 Å². The minimum absolute atomic E-state index is 0.0225. The molecule has 1 fully saturated rings. The summed E-state index contributed by atoms with van der Waals surface area (Å²) >= 11 is 0. The van der Waals surface area contributed by atoms with Gasteiger partial charge in [0.25, 0.3) is 0 Å². The van der Waals surface area contributed by atoms with Crippen molar-refractivity contribution in [3.8, 4) is 17.2 Å². The van der Waals surface area contributed by atoms with E-state index in [1.807, 2.05) is 6.92 Å². The number of nitrogens with one attached hydrogen (secondary N) is 1. The van der Waals surface area contributed by atoms with Crippen molar-refractivity contribution < 1.29 is 33.7 Å². The fraction of sp³-hybridized carbons (Fsp3) is 0.333. The van der Waals surface area contributed by atoms with E-state index in [9.17, 15) is 19.5 Å². The summed E-state index contributed by atoms with van der Waals surface area (Å²) in [4.78, 5) is 40.7. The molecule has 2 amide bonds. The van der Waals surface area contributed by atoms with Crippen LogP contribution in [0, 0.1) is 5.41 Å². The van der Waals surface area contributed by atoms with Gasteiger partial charge in [0.15, 0.2) is 17.7 Å². The number of aliphatic carboxylic acids is 1. The third kappa shape index (κ3) is 4.84. The maximum absolute atomic E-state index is 13.2. The number of nitrogen functional groups attached to an aromatic ring is 1. The fourth-order valence-corrected chi connectivity index (χ4v) is 4.22. The van der Waals surface area contributed by atoms with E-state index < -0.39 is 36.5 Å². The zero-order valence-corrected chi connectivity index (χ0v) is 19.1. The van der Waals surface area contributed by atoms with Crippen molar-refractivity contribution in [2.45, 2.75) is 32.0 Å². The number of benzene rings is 2. The van der Waals surface area contributed by atoms with Gasteiger partial charge in [-0.15, -0.1) is 0 Å². The van der Waals surface area contributed by atoms with Gasteiger partial charge in [-0.1, -0.05) is 19.1 Å². The van der Waals surface area contributed by atoms with E-state index in [4.69, 9.17) is 25.4 Å². The fourth-order valence-electron chi connectivity index (χ4n) is 4.22. The lowest BCUT2D eigenvalue weighted by molar-refractivity contribution is -0.169. The van der Waals surface area contributed by atoms with Gasteiger partial charge in [-0.05, 0) is 36.8 Å². The molecule has 2 atom stereocenters. The third-order valence-corrected chi connectivity index (χ3v) is 5.84. The molecule has 0 aliphatic carbocycles. The Morgan fingerprint density at radius 2 is 1.94 bits per heavy atom. The van der Waals surface area contributed by atoms with Crippen LogP contribution < -0.4 is 19.9 Å². The minimum atomic E-state index is -1.14. The van der Waals surface area contributed by atoms with Crippen LogP contribution in [-0.4, -0.2) is 64.6 Å².